The number of rotatable bonds is 15. The Morgan fingerprint density at radius 2 is 1.73 bits per heavy atom. The highest BCUT2D eigenvalue weighted by molar-refractivity contribution is 5.95. The first-order chi connectivity index (χ1) is 20.7. The smallest absolute Gasteiger partial charge is 0.410 e. The Bertz CT molecular complexity index is 1070. The van der Waals surface area contributed by atoms with Crippen LogP contribution in [-0.2, 0) is 14.3 Å². The molecule has 1 fully saturated rings. The summed E-state index contributed by atoms with van der Waals surface area (Å²) in [4.78, 5) is 48.3. The van der Waals surface area contributed by atoms with Gasteiger partial charge in [-0.3, -0.25) is 9.59 Å². The summed E-state index contributed by atoms with van der Waals surface area (Å²) >= 11 is 0. The van der Waals surface area contributed by atoms with Crippen molar-refractivity contribution in [1.29, 1.82) is 0 Å². The normalized spacial score (nSPS) is 17.0. The maximum absolute atomic E-state index is 14.0. The number of likely N-dealkylation sites (tertiary alicyclic amines) is 1. The zero-order valence-corrected chi connectivity index (χ0v) is 28.7. The summed E-state index contributed by atoms with van der Waals surface area (Å²) in [5, 5.41) is 0. The summed E-state index contributed by atoms with van der Waals surface area (Å²) in [7, 11) is 7.17. The minimum absolute atomic E-state index is 0.0133. The number of methoxy groups -OCH3 is 2. The van der Waals surface area contributed by atoms with E-state index in [1.807, 2.05) is 70.3 Å². The summed E-state index contributed by atoms with van der Waals surface area (Å²) in [5.41, 5.74) is -0.224. The van der Waals surface area contributed by atoms with Crippen LogP contribution in [0.25, 0.3) is 0 Å². The molecule has 11 nitrogen and oxygen atoms in total. The maximum atomic E-state index is 14.0. The van der Waals surface area contributed by atoms with E-state index >= 15 is 0 Å². The molecular formula is C33H56N4O7. The number of carbonyl (C=O) groups excluding carboxylic acids is 3. The molecule has 0 bridgehead atoms. The third kappa shape index (κ3) is 11.1. The average Bonchev–Trinajstić information content (AvgIpc) is 2.95. The SMILES string of the molecule is CCN(CCN(C)C)C(=O)C[C@H]1CCC(N(C(=O)c2ccc(OC)c(OCCCOC)c2)C(C)C)CN1C(=O)OC(C)(C)C. The summed E-state index contributed by atoms with van der Waals surface area (Å²) in [6.07, 6.45) is 1.68. The number of carbonyl (C=O) groups is 3. The van der Waals surface area contributed by atoms with Crippen LogP contribution in [0.2, 0.25) is 0 Å². The van der Waals surface area contributed by atoms with Gasteiger partial charge in [0.2, 0.25) is 5.91 Å². The molecular weight excluding hydrogens is 564 g/mol. The van der Waals surface area contributed by atoms with Gasteiger partial charge in [-0.2, -0.15) is 0 Å². The van der Waals surface area contributed by atoms with Crippen LogP contribution in [0.15, 0.2) is 18.2 Å². The summed E-state index contributed by atoms with van der Waals surface area (Å²) in [5.74, 6) is 0.891. The van der Waals surface area contributed by atoms with Crippen LogP contribution in [0.3, 0.4) is 0 Å². The van der Waals surface area contributed by atoms with Crippen LogP contribution >= 0.6 is 0 Å². The molecule has 1 aliphatic heterocycles. The van der Waals surface area contributed by atoms with Crippen LogP contribution in [0.4, 0.5) is 4.79 Å². The Balaban J connectivity index is 2.32. The standard InChI is InChI=1S/C33H56N4O7/c1-11-35(18-17-34(7)8)30(38)22-26-14-15-27(23-36(26)32(40)44-33(4,5)6)37(24(2)3)31(39)25-13-16-28(42-10)29(21-25)43-20-12-19-41-9/h13,16,21,24,26-27H,11-12,14-15,17-20,22-23H2,1-10H3/t26-,27?/m1/s1. The van der Waals surface area contributed by atoms with E-state index in [1.165, 1.54) is 0 Å². The van der Waals surface area contributed by atoms with Gasteiger partial charge in [-0.25, -0.2) is 4.79 Å². The Kier molecular flexibility index (Phi) is 14.7. The Labute approximate surface area is 264 Å². The van der Waals surface area contributed by atoms with Gasteiger partial charge in [-0.15, -0.1) is 0 Å². The van der Waals surface area contributed by atoms with E-state index in [0.29, 0.717) is 62.6 Å². The maximum Gasteiger partial charge on any atom is 0.410 e. The predicted molar refractivity (Wildman–Crippen MR) is 171 cm³/mol. The van der Waals surface area contributed by atoms with E-state index in [0.717, 1.165) is 6.54 Å². The van der Waals surface area contributed by atoms with E-state index < -0.39 is 11.7 Å². The lowest BCUT2D eigenvalue weighted by Crippen LogP contribution is -2.58. The van der Waals surface area contributed by atoms with E-state index in [9.17, 15) is 14.4 Å². The van der Waals surface area contributed by atoms with Crippen LogP contribution in [-0.4, -0.2) is 129 Å². The zero-order valence-electron chi connectivity index (χ0n) is 28.7. The molecule has 11 heteroatoms. The highest BCUT2D eigenvalue weighted by Crippen LogP contribution is 2.32. The molecule has 0 spiro atoms. The molecule has 0 radical (unpaired) electrons. The summed E-state index contributed by atoms with van der Waals surface area (Å²) < 4.78 is 22.3. The molecule has 1 saturated heterocycles. The van der Waals surface area contributed by atoms with E-state index in [2.05, 4.69) is 0 Å². The largest absolute Gasteiger partial charge is 0.493 e. The van der Waals surface area contributed by atoms with Crippen LogP contribution in [0.5, 0.6) is 11.5 Å². The van der Waals surface area contributed by atoms with Crippen molar-refractivity contribution < 1.29 is 33.3 Å². The Morgan fingerprint density at radius 3 is 2.30 bits per heavy atom. The summed E-state index contributed by atoms with van der Waals surface area (Å²) in [6, 6.07) is 4.47. The van der Waals surface area contributed by atoms with Gasteiger partial charge in [0.1, 0.15) is 5.60 Å². The highest BCUT2D eigenvalue weighted by atomic mass is 16.6. The predicted octanol–water partition coefficient (Wildman–Crippen LogP) is 4.53. The van der Waals surface area contributed by atoms with E-state index in [4.69, 9.17) is 18.9 Å². The molecule has 0 aliphatic carbocycles. The van der Waals surface area contributed by atoms with E-state index in [-0.39, 0.29) is 42.9 Å². The Hall–Kier alpha value is -3.05. The van der Waals surface area contributed by atoms with Crippen molar-refractivity contribution in [2.45, 2.75) is 91.0 Å². The van der Waals surface area contributed by atoms with Gasteiger partial charge in [-0.05, 0) is 86.7 Å². The number of piperidine rings is 1. The lowest BCUT2D eigenvalue weighted by atomic mass is 9.93. The first-order valence-electron chi connectivity index (χ1n) is 15.8. The van der Waals surface area contributed by atoms with Crippen molar-refractivity contribution >= 4 is 17.9 Å². The fourth-order valence-electron chi connectivity index (χ4n) is 5.38. The average molecular weight is 621 g/mol. The minimum Gasteiger partial charge on any atom is -0.493 e. The number of amides is 3. The van der Waals surface area contributed by atoms with Crippen LogP contribution in [0.1, 0.15) is 77.6 Å². The van der Waals surface area contributed by atoms with Crippen molar-refractivity contribution in [3.8, 4) is 11.5 Å². The molecule has 1 aliphatic rings. The molecule has 0 saturated carbocycles. The van der Waals surface area contributed by atoms with Crippen molar-refractivity contribution in [3.63, 3.8) is 0 Å². The van der Waals surface area contributed by atoms with E-state index in [1.54, 1.807) is 37.3 Å². The van der Waals surface area contributed by atoms with Crippen molar-refractivity contribution in [1.82, 2.24) is 19.6 Å². The van der Waals surface area contributed by atoms with Gasteiger partial charge in [0.05, 0.1) is 19.8 Å². The highest BCUT2D eigenvalue weighted by Gasteiger charge is 2.40. The molecule has 1 heterocycles. The fourth-order valence-corrected chi connectivity index (χ4v) is 5.38. The minimum atomic E-state index is -0.698. The van der Waals surface area contributed by atoms with Gasteiger partial charge in [-0.1, -0.05) is 0 Å². The third-order valence-electron chi connectivity index (χ3n) is 7.62. The molecule has 250 valence electrons. The molecule has 3 amide bonds. The van der Waals surface area contributed by atoms with Crippen molar-refractivity contribution in [2.24, 2.45) is 0 Å². The first kappa shape index (κ1) is 37.1. The number of nitrogens with zero attached hydrogens (tertiary/aromatic N) is 4. The third-order valence-corrected chi connectivity index (χ3v) is 7.62. The zero-order chi connectivity index (χ0) is 33.0. The molecule has 0 aromatic heterocycles. The number of benzene rings is 1. The summed E-state index contributed by atoms with van der Waals surface area (Å²) in [6.45, 7) is 14.7. The molecule has 44 heavy (non-hydrogen) atoms. The second-order valence-electron chi connectivity index (χ2n) is 12.9. The van der Waals surface area contributed by atoms with Gasteiger partial charge in [0, 0.05) is 70.4 Å². The fraction of sp³-hybridized carbons (Fsp3) is 0.727. The van der Waals surface area contributed by atoms with Crippen LogP contribution < -0.4 is 9.47 Å². The van der Waals surface area contributed by atoms with Crippen molar-refractivity contribution in [3.05, 3.63) is 23.8 Å². The monoisotopic (exact) mass is 620 g/mol. The Morgan fingerprint density at radius 1 is 1.02 bits per heavy atom. The molecule has 0 N–H and O–H groups in total. The lowest BCUT2D eigenvalue weighted by Gasteiger charge is -2.45. The first-order valence-corrected chi connectivity index (χ1v) is 15.8. The molecule has 2 rings (SSSR count). The van der Waals surface area contributed by atoms with Gasteiger partial charge in [0.25, 0.3) is 5.91 Å². The quantitative estimate of drug-likeness (QED) is 0.264. The molecule has 2 atom stereocenters. The topological polar surface area (TPSA) is 101 Å². The second-order valence-corrected chi connectivity index (χ2v) is 12.9. The van der Waals surface area contributed by atoms with Gasteiger partial charge < -0.3 is 38.5 Å². The lowest BCUT2D eigenvalue weighted by molar-refractivity contribution is -0.132. The van der Waals surface area contributed by atoms with Gasteiger partial charge in [0.15, 0.2) is 11.5 Å². The van der Waals surface area contributed by atoms with Crippen LogP contribution in [0, 0.1) is 0 Å². The molecule has 1 aromatic rings. The molecule has 1 aromatic carbocycles. The number of ether oxygens (including phenoxy) is 4. The number of hydrogen-bond acceptors (Lipinski definition) is 8. The second kappa shape index (κ2) is 17.4. The van der Waals surface area contributed by atoms with Crippen molar-refractivity contribution in [2.75, 3.05) is 67.7 Å². The number of likely N-dealkylation sites (N-methyl/N-ethyl adjacent to an activating group) is 2. The van der Waals surface area contributed by atoms with Gasteiger partial charge >= 0.3 is 6.09 Å². The number of hydrogen-bond donors (Lipinski definition) is 0. The molecule has 1 unspecified atom stereocenters.